The fourth-order valence-electron chi connectivity index (χ4n) is 2.59. The van der Waals surface area contributed by atoms with E-state index in [2.05, 4.69) is 17.1 Å². The molecule has 3 aliphatic heterocycles. The third-order valence-corrected chi connectivity index (χ3v) is 3.66. The normalized spacial score (nSPS) is 47.0. The van der Waals surface area contributed by atoms with Crippen LogP contribution in [0, 0.1) is 11.8 Å². The minimum Gasteiger partial charge on any atom is -0.339 e. The number of nitrogens with zero attached hydrogens (tertiary/aromatic N) is 1. The number of carbonyl (C=O) groups excluding carboxylic acids is 1. The number of piperazine rings is 1. The molecule has 72 valence electrons. The van der Waals surface area contributed by atoms with Gasteiger partial charge < -0.3 is 10.2 Å². The number of rotatable bonds is 1. The Hall–Kier alpha value is -0.570. The zero-order valence-corrected chi connectivity index (χ0v) is 7.99. The van der Waals surface area contributed by atoms with Crippen molar-refractivity contribution in [1.29, 1.82) is 0 Å². The average molecular weight is 180 g/mol. The van der Waals surface area contributed by atoms with Crippen molar-refractivity contribution in [1.82, 2.24) is 10.2 Å². The molecule has 13 heavy (non-hydrogen) atoms. The Bertz CT molecular complexity index is 237. The van der Waals surface area contributed by atoms with Gasteiger partial charge in [-0.2, -0.15) is 0 Å². The number of amides is 1. The first-order chi connectivity index (χ1) is 6.24. The van der Waals surface area contributed by atoms with Crippen LogP contribution < -0.4 is 5.32 Å². The molecular weight excluding hydrogens is 164 g/mol. The Morgan fingerprint density at radius 1 is 1.31 bits per heavy atom. The first-order valence-electron chi connectivity index (χ1n) is 5.29. The van der Waals surface area contributed by atoms with Crippen LogP contribution in [0.5, 0.6) is 0 Å². The molecular formula is C10H16N2O. The van der Waals surface area contributed by atoms with E-state index in [1.165, 1.54) is 6.42 Å². The highest BCUT2D eigenvalue weighted by molar-refractivity contribution is 5.82. The first kappa shape index (κ1) is 7.80. The summed E-state index contributed by atoms with van der Waals surface area (Å²) in [5.74, 6) is 1.44. The fraction of sp³-hybridized carbons (Fsp3) is 0.900. The van der Waals surface area contributed by atoms with Gasteiger partial charge in [-0.3, -0.25) is 4.79 Å². The predicted molar refractivity (Wildman–Crippen MR) is 49.2 cm³/mol. The third kappa shape index (κ3) is 1.17. The smallest absolute Gasteiger partial charge is 0.226 e. The summed E-state index contributed by atoms with van der Waals surface area (Å²) in [5, 5.41) is 3.44. The monoisotopic (exact) mass is 180 g/mol. The van der Waals surface area contributed by atoms with Crippen molar-refractivity contribution in [2.24, 2.45) is 11.8 Å². The van der Waals surface area contributed by atoms with Gasteiger partial charge in [-0.05, 0) is 18.8 Å². The Morgan fingerprint density at radius 3 is 2.31 bits per heavy atom. The fourth-order valence-corrected chi connectivity index (χ4v) is 2.59. The van der Waals surface area contributed by atoms with Gasteiger partial charge in [0, 0.05) is 31.1 Å². The highest BCUT2D eigenvalue weighted by Crippen LogP contribution is 2.40. The summed E-state index contributed by atoms with van der Waals surface area (Å²) >= 11 is 0. The Labute approximate surface area is 78.5 Å². The van der Waals surface area contributed by atoms with Crippen LogP contribution in [-0.4, -0.2) is 36.0 Å². The summed E-state index contributed by atoms with van der Waals surface area (Å²) in [6, 6.07) is 1.22. The van der Waals surface area contributed by atoms with E-state index in [4.69, 9.17) is 0 Å². The maximum absolute atomic E-state index is 11.8. The molecule has 0 aromatic rings. The van der Waals surface area contributed by atoms with E-state index < -0.39 is 0 Å². The number of piperidine rings is 1. The van der Waals surface area contributed by atoms with Gasteiger partial charge in [0.15, 0.2) is 0 Å². The molecule has 1 amide bonds. The average Bonchev–Trinajstić information content (AvgIpc) is 2.80. The molecule has 3 heteroatoms. The van der Waals surface area contributed by atoms with E-state index in [1.807, 2.05) is 0 Å². The van der Waals surface area contributed by atoms with E-state index in [0.29, 0.717) is 29.8 Å². The Kier molecular flexibility index (Phi) is 1.48. The highest BCUT2D eigenvalue weighted by Gasteiger charge is 2.45. The topological polar surface area (TPSA) is 32.3 Å². The van der Waals surface area contributed by atoms with E-state index in [0.717, 1.165) is 19.5 Å². The number of carbonyl (C=O) groups is 1. The van der Waals surface area contributed by atoms with Gasteiger partial charge in [-0.15, -0.1) is 0 Å². The Balaban J connectivity index is 1.63. The molecule has 4 fully saturated rings. The zero-order valence-electron chi connectivity index (χ0n) is 7.99. The summed E-state index contributed by atoms with van der Waals surface area (Å²) in [4.78, 5) is 13.9. The lowest BCUT2D eigenvalue weighted by Crippen LogP contribution is -2.67. The van der Waals surface area contributed by atoms with E-state index in [9.17, 15) is 4.79 Å². The van der Waals surface area contributed by atoms with Crippen LogP contribution in [0.2, 0.25) is 0 Å². The van der Waals surface area contributed by atoms with Gasteiger partial charge in [-0.25, -0.2) is 0 Å². The molecule has 1 N–H and O–H groups in total. The summed E-state index contributed by atoms with van der Waals surface area (Å²) in [6.45, 7) is 4.09. The molecule has 3 heterocycles. The van der Waals surface area contributed by atoms with Crippen molar-refractivity contribution in [2.75, 3.05) is 13.1 Å². The summed E-state index contributed by atoms with van der Waals surface area (Å²) < 4.78 is 0. The molecule has 4 atom stereocenters. The van der Waals surface area contributed by atoms with Gasteiger partial charge in [0.05, 0.1) is 0 Å². The highest BCUT2D eigenvalue weighted by atomic mass is 16.2. The zero-order chi connectivity index (χ0) is 9.00. The van der Waals surface area contributed by atoms with Crippen molar-refractivity contribution in [2.45, 2.75) is 31.8 Å². The van der Waals surface area contributed by atoms with Gasteiger partial charge in [0.2, 0.25) is 5.91 Å². The van der Waals surface area contributed by atoms with Gasteiger partial charge in [-0.1, -0.05) is 6.92 Å². The Morgan fingerprint density at radius 2 is 1.85 bits per heavy atom. The van der Waals surface area contributed by atoms with Crippen LogP contribution in [-0.2, 0) is 4.79 Å². The van der Waals surface area contributed by atoms with Crippen molar-refractivity contribution in [3.8, 4) is 0 Å². The van der Waals surface area contributed by atoms with Crippen LogP contribution in [0.3, 0.4) is 0 Å². The first-order valence-corrected chi connectivity index (χ1v) is 5.29. The molecule has 0 radical (unpaired) electrons. The molecule has 0 aromatic heterocycles. The second-order valence-electron chi connectivity index (χ2n) is 4.86. The van der Waals surface area contributed by atoms with Crippen LogP contribution in [0.1, 0.15) is 19.8 Å². The summed E-state index contributed by atoms with van der Waals surface area (Å²) in [6.07, 6.45) is 2.40. The van der Waals surface area contributed by atoms with Gasteiger partial charge >= 0.3 is 0 Å². The van der Waals surface area contributed by atoms with Crippen molar-refractivity contribution < 1.29 is 4.79 Å². The minimum absolute atomic E-state index is 0.373. The molecule has 0 spiro atoms. The lowest BCUT2D eigenvalue weighted by molar-refractivity contribution is -0.137. The standard InChI is InChI=1S/C10H16N2O/c1-6-2-9(6)10(13)12-4-7-3-8(5-12)11-7/h6-9,11H,2-5H2,1H3/t6-,7?,8?,9+/m1/s1. The summed E-state index contributed by atoms with van der Waals surface area (Å²) in [7, 11) is 0. The molecule has 2 unspecified atom stereocenters. The second kappa shape index (κ2) is 2.47. The summed E-state index contributed by atoms with van der Waals surface area (Å²) in [5.41, 5.74) is 0. The van der Waals surface area contributed by atoms with E-state index >= 15 is 0 Å². The predicted octanol–water partition coefficient (Wildman–Crippen LogP) is 0.215. The van der Waals surface area contributed by atoms with Crippen LogP contribution in [0.4, 0.5) is 0 Å². The maximum Gasteiger partial charge on any atom is 0.226 e. The van der Waals surface area contributed by atoms with Crippen molar-refractivity contribution in [3.63, 3.8) is 0 Å². The molecule has 3 nitrogen and oxygen atoms in total. The lowest BCUT2D eigenvalue weighted by Gasteiger charge is -2.48. The molecule has 2 bridgehead atoms. The largest absolute Gasteiger partial charge is 0.339 e. The number of nitrogens with one attached hydrogen (secondary N) is 1. The molecule has 3 saturated heterocycles. The van der Waals surface area contributed by atoms with Gasteiger partial charge in [0.1, 0.15) is 0 Å². The number of hydrogen-bond acceptors (Lipinski definition) is 2. The molecule has 4 rings (SSSR count). The third-order valence-electron chi connectivity index (χ3n) is 3.66. The molecule has 4 aliphatic rings. The van der Waals surface area contributed by atoms with Gasteiger partial charge in [0.25, 0.3) is 0 Å². The van der Waals surface area contributed by atoms with Crippen LogP contribution >= 0.6 is 0 Å². The number of hydrogen-bond donors (Lipinski definition) is 1. The van der Waals surface area contributed by atoms with Crippen molar-refractivity contribution >= 4 is 5.91 Å². The second-order valence-corrected chi connectivity index (χ2v) is 4.86. The minimum atomic E-state index is 0.373. The van der Waals surface area contributed by atoms with Crippen LogP contribution in [0.25, 0.3) is 0 Å². The van der Waals surface area contributed by atoms with E-state index in [1.54, 1.807) is 0 Å². The maximum atomic E-state index is 11.8. The van der Waals surface area contributed by atoms with Crippen molar-refractivity contribution in [3.05, 3.63) is 0 Å². The van der Waals surface area contributed by atoms with E-state index in [-0.39, 0.29) is 0 Å². The number of fused-ring (bicyclic) bond motifs is 2. The quantitative estimate of drug-likeness (QED) is 0.626. The SMILES string of the molecule is C[C@@H]1C[C@@H]1C(=O)N1CC2CC(C1)N2. The molecule has 1 saturated carbocycles. The van der Waals surface area contributed by atoms with Crippen LogP contribution in [0.15, 0.2) is 0 Å². The molecule has 1 aliphatic carbocycles. The lowest BCUT2D eigenvalue weighted by atomic mass is 9.91. The molecule has 0 aromatic carbocycles.